The van der Waals surface area contributed by atoms with E-state index in [4.69, 9.17) is 10.5 Å². The summed E-state index contributed by atoms with van der Waals surface area (Å²) in [6.07, 6.45) is 3.81. The first kappa shape index (κ1) is 11.1. The molecule has 1 heterocycles. The highest BCUT2D eigenvalue weighted by Gasteiger charge is 2.05. The molecule has 3 nitrogen and oxygen atoms in total. The van der Waals surface area contributed by atoms with Crippen molar-refractivity contribution in [1.82, 2.24) is 4.98 Å². The number of nitrogens with two attached hydrogens (primary N) is 1. The van der Waals surface area contributed by atoms with Crippen LogP contribution in [0.15, 0.2) is 30.5 Å². The van der Waals surface area contributed by atoms with Crippen molar-refractivity contribution in [2.24, 2.45) is 0 Å². The molecule has 0 aliphatic rings. The molecule has 2 aromatic rings. The zero-order chi connectivity index (χ0) is 11.4. The van der Waals surface area contributed by atoms with Gasteiger partial charge in [-0.3, -0.25) is 4.98 Å². The molecule has 0 spiro atoms. The maximum atomic E-state index is 5.88. The molecule has 16 heavy (non-hydrogen) atoms. The standard InChI is InChI=1S/C12H14N2OS/c1-16-8-7-15-11-5-4-10(13)9-3-2-6-14-12(9)11/h2-6H,7-8,13H2,1H3. The third kappa shape index (κ3) is 2.22. The number of aromatic nitrogens is 1. The molecule has 0 aliphatic heterocycles. The van der Waals surface area contributed by atoms with Gasteiger partial charge in [-0.25, -0.2) is 0 Å². The lowest BCUT2D eigenvalue weighted by Crippen LogP contribution is -2.01. The van der Waals surface area contributed by atoms with Gasteiger partial charge >= 0.3 is 0 Å². The van der Waals surface area contributed by atoms with Gasteiger partial charge in [0.25, 0.3) is 0 Å². The summed E-state index contributed by atoms with van der Waals surface area (Å²) in [5, 5.41) is 0.948. The summed E-state index contributed by atoms with van der Waals surface area (Å²) >= 11 is 1.76. The number of ether oxygens (including phenoxy) is 1. The van der Waals surface area contributed by atoms with Gasteiger partial charge in [0.1, 0.15) is 11.3 Å². The lowest BCUT2D eigenvalue weighted by Gasteiger charge is -2.09. The average molecular weight is 234 g/mol. The van der Waals surface area contributed by atoms with Gasteiger partial charge in [-0.05, 0) is 30.5 Å². The number of hydrogen-bond donors (Lipinski definition) is 1. The SMILES string of the molecule is CSCCOc1ccc(N)c2cccnc12. The van der Waals surface area contributed by atoms with Crippen LogP contribution < -0.4 is 10.5 Å². The van der Waals surface area contributed by atoms with E-state index in [1.165, 1.54) is 0 Å². The molecule has 4 heteroatoms. The molecule has 2 N–H and O–H groups in total. The molecule has 0 unspecified atom stereocenters. The number of hydrogen-bond acceptors (Lipinski definition) is 4. The smallest absolute Gasteiger partial charge is 0.145 e. The van der Waals surface area contributed by atoms with Crippen molar-refractivity contribution in [2.45, 2.75) is 0 Å². The van der Waals surface area contributed by atoms with Crippen LogP contribution in [0.3, 0.4) is 0 Å². The molecule has 2 rings (SSSR count). The van der Waals surface area contributed by atoms with Crippen molar-refractivity contribution in [3.05, 3.63) is 30.5 Å². The van der Waals surface area contributed by atoms with Gasteiger partial charge in [-0.2, -0.15) is 11.8 Å². The van der Waals surface area contributed by atoms with Gasteiger partial charge in [-0.1, -0.05) is 0 Å². The zero-order valence-corrected chi connectivity index (χ0v) is 9.96. The lowest BCUT2D eigenvalue weighted by molar-refractivity contribution is 0.347. The largest absolute Gasteiger partial charge is 0.490 e. The van der Waals surface area contributed by atoms with Crippen LogP contribution in [0.25, 0.3) is 10.9 Å². The molecule has 0 saturated carbocycles. The minimum atomic E-state index is 0.691. The van der Waals surface area contributed by atoms with Crippen molar-refractivity contribution >= 4 is 28.4 Å². The Morgan fingerprint density at radius 3 is 3.06 bits per heavy atom. The van der Waals surface area contributed by atoms with E-state index in [1.807, 2.05) is 24.3 Å². The summed E-state index contributed by atoms with van der Waals surface area (Å²) < 4.78 is 5.68. The number of rotatable bonds is 4. The number of benzene rings is 1. The monoisotopic (exact) mass is 234 g/mol. The van der Waals surface area contributed by atoms with E-state index in [9.17, 15) is 0 Å². The Hall–Kier alpha value is -1.42. The molecule has 0 aliphatic carbocycles. The second kappa shape index (κ2) is 5.07. The fourth-order valence-electron chi connectivity index (χ4n) is 1.52. The molecule has 84 valence electrons. The number of thioether (sulfide) groups is 1. The van der Waals surface area contributed by atoms with Crippen LogP contribution in [-0.2, 0) is 0 Å². The summed E-state index contributed by atoms with van der Waals surface area (Å²) in [5.41, 5.74) is 7.45. The fourth-order valence-corrected chi connectivity index (χ4v) is 1.77. The molecule has 0 amide bonds. The summed E-state index contributed by atoms with van der Waals surface area (Å²) in [6.45, 7) is 0.691. The van der Waals surface area contributed by atoms with Crippen molar-refractivity contribution in [1.29, 1.82) is 0 Å². The Balaban J connectivity index is 2.35. The second-order valence-corrected chi connectivity index (χ2v) is 4.38. The number of pyridine rings is 1. The summed E-state index contributed by atoms with van der Waals surface area (Å²) in [5.74, 6) is 1.78. The van der Waals surface area contributed by atoms with Gasteiger partial charge in [-0.15, -0.1) is 0 Å². The van der Waals surface area contributed by atoms with E-state index in [0.717, 1.165) is 28.1 Å². The normalized spacial score (nSPS) is 10.6. The molecule has 1 aromatic carbocycles. The van der Waals surface area contributed by atoms with Gasteiger partial charge in [0, 0.05) is 23.0 Å². The quantitative estimate of drug-likeness (QED) is 0.652. The lowest BCUT2D eigenvalue weighted by atomic mass is 10.2. The average Bonchev–Trinajstić information content (AvgIpc) is 2.33. The predicted octanol–water partition coefficient (Wildman–Crippen LogP) is 2.56. The molecule has 0 saturated heterocycles. The van der Waals surface area contributed by atoms with E-state index in [0.29, 0.717) is 6.61 Å². The molecule has 0 atom stereocenters. The highest BCUT2D eigenvalue weighted by Crippen LogP contribution is 2.27. The van der Waals surface area contributed by atoms with E-state index < -0.39 is 0 Å². The third-order valence-corrected chi connectivity index (χ3v) is 2.89. The Labute approximate surface area is 99.0 Å². The van der Waals surface area contributed by atoms with E-state index in [2.05, 4.69) is 11.2 Å². The van der Waals surface area contributed by atoms with Crippen molar-refractivity contribution in [2.75, 3.05) is 24.3 Å². The number of nitrogen functional groups attached to an aromatic ring is 1. The molecule has 1 aromatic heterocycles. The minimum absolute atomic E-state index is 0.691. The molecule has 0 radical (unpaired) electrons. The van der Waals surface area contributed by atoms with Crippen LogP contribution in [0.4, 0.5) is 5.69 Å². The first-order valence-corrected chi connectivity index (χ1v) is 6.47. The Morgan fingerprint density at radius 1 is 1.38 bits per heavy atom. The van der Waals surface area contributed by atoms with Crippen molar-refractivity contribution in [3.8, 4) is 5.75 Å². The van der Waals surface area contributed by atoms with Crippen LogP contribution in [0.5, 0.6) is 5.75 Å². The number of nitrogens with zero attached hydrogens (tertiary/aromatic N) is 1. The van der Waals surface area contributed by atoms with E-state index in [1.54, 1.807) is 18.0 Å². The van der Waals surface area contributed by atoms with Crippen LogP contribution in [-0.4, -0.2) is 23.6 Å². The molecule has 0 bridgehead atoms. The van der Waals surface area contributed by atoms with E-state index >= 15 is 0 Å². The fraction of sp³-hybridized carbons (Fsp3) is 0.250. The number of anilines is 1. The highest BCUT2D eigenvalue weighted by molar-refractivity contribution is 7.98. The van der Waals surface area contributed by atoms with Crippen LogP contribution >= 0.6 is 11.8 Å². The van der Waals surface area contributed by atoms with Gasteiger partial charge in [0.2, 0.25) is 0 Å². The van der Waals surface area contributed by atoms with Crippen molar-refractivity contribution in [3.63, 3.8) is 0 Å². The molecular weight excluding hydrogens is 220 g/mol. The minimum Gasteiger partial charge on any atom is -0.490 e. The van der Waals surface area contributed by atoms with Crippen LogP contribution in [0.2, 0.25) is 0 Å². The maximum Gasteiger partial charge on any atom is 0.145 e. The van der Waals surface area contributed by atoms with E-state index in [-0.39, 0.29) is 0 Å². The maximum absolute atomic E-state index is 5.88. The Morgan fingerprint density at radius 2 is 2.25 bits per heavy atom. The van der Waals surface area contributed by atoms with Gasteiger partial charge in [0.15, 0.2) is 0 Å². The van der Waals surface area contributed by atoms with Gasteiger partial charge in [0.05, 0.1) is 6.61 Å². The summed E-state index contributed by atoms with van der Waals surface area (Å²) in [7, 11) is 0. The number of fused-ring (bicyclic) bond motifs is 1. The van der Waals surface area contributed by atoms with Crippen molar-refractivity contribution < 1.29 is 4.74 Å². The van der Waals surface area contributed by atoms with Crippen LogP contribution in [0, 0.1) is 0 Å². The zero-order valence-electron chi connectivity index (χ0n) is 9.14. The summed E-state index contributed by atoms with van der Waals surface area (Å²) in [4.78, 5) is 4.31. The highest BCUT2D eigenvalue weighted by atomic mass is 32.2. The molecule has 0 fully saturated rings. The first-order valence-electron chi connectivity index (χ1n) is 5.08. The van der Waals surface area contributed by atoms with Gasteiger partial charge < -0.3 is 10.5 Å². The summed E-state index contributed by atoms with van der Waals surface area (Å²) in [6, 6.07) is 7.58. The predicted molar refractivity (Wildman–Crippen MR) is 70.0 cm³/mol. The first-order chi connectivity index (χ1) is 7.83. The second-order valence-electron chi connectivity index (χ2n) is 3.39. The topological polar surface area (TPSA) is 48.1 Å². The van der Waals surface area contributed by atoms with Crippen LogP contribution in [0.1, 0.15) is 0 Å². The molecular formula is C12H14N2OS. The Kier molecular flexibility index (Phi) is 3.51. The Bertz CT molecular complexity index is 487. The third-order valence-electron chi connectivity index (χ3n) is 2.31.